The first-order valence-electron chi connectivity index (χ1n) is 16.6. The van der Waals surface area contributed by atoms with E-state index >= 15 is 0 Å². The number of aliphatic imine (C=N–C) groups is 2. The average Bonchev–Trinajstić information content (AvgIpc) is 3.20. The van der Waals surface area contributed by atoms with E-state index in [-0.39, 0.29) is 0 Å². The fraction of sp³-hybridized carbons (Fsp3) is 0.0222. The van der Waals surface area contributed by atoms with Gasteiger partial charge in [-0.05, 0) is 33.2 Å². The first-order valence-corrected chi connectivity index (χ1v) is 16.6. The molecular formula is C45H33N5. The standard InChI is InChI=1S/C45H33N5/c46-43(33-21-9-3-10-22-33)50-44(34-23-11-4-12-24-34)47-30-39-37-27-14-13-25-35(37)36-26-15-16-28-38(36)42(39)45-48-40(31-17-5-1-6-18-31)29-41(49-45)32-19-7-2-8-20-32/h1-29H,30H2,(H2,46,47,50). The number of hydrogen-bond donors (Lipinski definition) is 1. The third-order valence-corrected chi connectivity index (χ3v) is 8.84. The van der Waals surface area contributed by atoms with Gasteiger partial charge in [0, 0.05) is 27.8 Å². The van der Waals surface area contributed by atoms with E-state index in [1.807, 2.05) is 97.1 Å². The van der Waals surface area contributed by atoms with Gasteiger partial charge in [0.1, 0.15) is 5.84 Å². The molecule has 238 valence electrons. The largest absolute Gasteiger partial charge is 0.383 e. The van der Waals surface area contributed by atoms with Crippen molar-refractivity contribution in [3.05, 3.63) is 193 Å². The molecule has 0 fully saturated rings. The topological polar surface area (TPSA) is 76.5 Å². The van der Waals surface area contributed by atoms with Crippen LogP contribution in [-0.4, -0.2) is 21.6 Å². The van der Waals surface area contributed by atoms with Gasteiger partial charge in [-0.2, -0.15) is 0 Å². The number of benzene rings is 7. The van der Waals surface area contributed by atoms with Crippen LogP contribution in [-0.2, 0) is 6.54 Å². The van der Waals surface area contributed by atoms with Gasteiger partial charge in [-0.3, -0.25) is 4.99 Å². The minimum atomic E-state index is 0.329. The number of nitrogens with two attached hydrogens (primary N) is 1. The fourth-order valence-corrected chi connectivity index (χ4v) is 6.43. The smallest absolute Gasteiger partial charge is 0.161 e. The third-order valence-electron chi connectivity index (χ3n) is 8.84. The van der Waals surface area contributed by atoms with Crippen molar-refractivity contribution in [1.29, 1.82) is 0 Å². The Bertz CT molecular complexity index is 2430. The van der Waals surface area contributed by atoms with Crippen LogP contribution in [0.5, 0.6) is 0 Å². The van der Waals surface area contributed by atoms with E-state index in [9.17, 15) is 0 Å². The predicted octanol–water partition coefficient (Wildman–Crippen LogP) is 10.1. The van der Waals surface area contributed by atoms with E-state index in [0.29, 0.717) is 24.0 Å². The summed E-state index contributed by atoms with van der Waals surface area (Å²) >= 11 is 0. The molecule has 0 saturated carbocycles. The number of nitrogens with zero attached hydrogens (tertiary/aromatic N) is 4. The van der Waals surface area contributed by atoms with E-state index in [0.717, 1.165) is 66.3 Å². The van der Waals surface area contributed by atoms with Crippen molar-refractivity contribution in [2.24, 2.45) is 15.7 Å². The lowest BCUT2D eigenvalue weighted by Gasteiger charge is -2.17. The van der Waals surface area contributed by atoms with Crippen molar-refractivity contribution in [2.45, 2.75) is 6.54 Å². The number of amidine groups is 2. The summed E-state index contributed by atoms with van der Waals surface area (Å²) in [5, 5.41) is 4.44. The minimum Gasteiger partial charge on any atom is -0.383 e. The lowest BCUT2D eigenvalue weighted by molar-refractivity contribution is 1.07. The number of aromatic nitrogens is 2. The summed E-state index contributed by atoms with van der Waals surface area (Å²) in [6.07, 6.45) is 0. The van der Waals surface area contributed by atoms with Gasteiger partial charge < -0.3 is 5.73 Å². The van der Waals surface area contributed by atoms with Crippen LogP contribution < -0.4 is 5.73 Å². The quantitative estimate of drug-likeness (QED) is 0.107. The van der Waals surface area contributed by atoms with Crippen molar-refractivity contribution < 1.29 is 0 Å². The lowest BCUT2D eigenvalue weighted by Crippen LogP contribution is -2.16. The second-order valence-corrected chi connectivity index (χ2v) is 12.0. The molecule has 0 spiro atoms. The van der Waals surface area contributed by atoms with Crippen molar-refractivity contribution in [1.82, 2.24) is 9.97 Å². The summed E-state index contributed by atoms with van der Waals surface area (Å²) in [5.41, 5.74) is 14.0. The van der Waals surface area contributed by atoms with E-state index in [2.05, 4.69) is 78.9 Å². The van der Waals surface area contributed by atoms with Crippen LogP contribution in [0.4, 0.5) is 0 Å². The molecule has 0 atom stereocenters. The highest BCUT2D eigenvalue weighted by molar-refractivity contribution is 6.16. The Hall–Kier alpha value is -6.72. The molecule has 0 aliphatic carbocycles. The third kappa shape index (κ3) is 6.16. The number of hydrogen-bond acceptors (Lipinski definition) is 3. The average molecular weight is 644 g/mol. The molecule has 1 aromatic heterocycles. The molecular weight excluding hydrogens is 611 g/mol. The van der Waals surface area contributed by atoms with Gasteiger partial charge in [-0.1, -0.05) is 170 Å². The molecule has 8 aromatic rings. The van der Waals surface area contributed by atoms with Crippen molar-refractivity contribution >= 4 is 33.2 Å². The van der Waals surface area contributed by atoms with E-state index < -0.39 is 0 Å². The Morgan fingerprint density at radius 3 is 1.48 bits per heavy atom. The summed E-state index contributed by atoms with van der Waals surface area (Å²) < 4.78 is 0. The molecule has 1 heterocycles. The van der Waals surface area contributed by atoms with E-state index in [1.54, 1.807) is 0 Å². The highest BCUT2D eigenvalue weighted by Crippen LogP contribution is 2.40. The second kappa shape index (κ2) is 13.8. The molecule has 0 aliphatic rings. The van der Waals surface area contributed by atoms with Gasteiger partial charge in [-0.25, -0.2) is 15.0 Å². The summed E-state index contributed by atoms with van der Waals surface area (Å²) in [5.74, 6) is 1.60. The van der Waals surface area contributed by atoms with Gasteiger partial charge in [0.25, 0.3) is 0 Å². The Morgan fingerprint density at radius 2 is 0.920 bits per heavy atom. The molecule has 2 N–H and O–H groups in total. The SMILES string of the molecule is NC(=NC(=NCc1c(-c2nc(-c3ccccc3)cc(-c3ccccc3)n2)c2ccccc2c2ccccc12)c1ccccc1)c1ccccc1. The van der Waals surface area contributed by atoms with Crippen LogP contribution in [0, 0.1) is 0 Å². The molecule has 0 saturated heterocycles. The number of fused-ring (bicyclic) bond motifs is 3. The van der Waals surface area contributed by atoms with Crippen LogP contribution in [0.2, 0.25) is 0 Å². The normalized spacial score (nSPS) is 12.0. The molecule has 0 bridgehead atoms. The zero-order chi connectivity index (χ0) is 33.7. The monoisotopic (exact) mass is 643 g/mol. The maximum absolute atomic E-state index is 6.58. The molecule has 5 nitrogen and oxygen atoms in total. The van der Waals surface area contributed by atoms with Crippen molar-refractivity contribution in [3.8, 4) is 33.9 Å². The van der Waals surface area contributed by atoms with Crippen LogP contribution in [0.1, 0.15) is 16.7 Å². The lowest BCUT2D eigenvalue weighted by atomic mass is 9.90. The van der Waals surface area contributed by atoms with Crippen molar-refractivity contribution in [3.63, 3.8) is 0 Å². The van der Waals surface area contributed by atoms with Crippen molar-refractivity contribution in [2.75, 3.05) is 0 Å². The Kier molecular flexibility index (Phi) is 8.44. The van der Waals surface area contributed by atoms with Crippen LogP contribution >= 0.6 is 0 Å². The summed E-state index contributed by atoms with van der Waals surface area (Å²) in [4.78, 5) is 20.7. The molecule has 0 amide bonds. The van der Waals surface area contributed by atoms with E-state index in [1.165, 1.54) is 0 Å². The summed E-state index contributed by atoms with van der Waals surface area (Å²) in [6, 6.07) is 59.4. The summed E-state index contributed by atoms with van der Waals surface area (Å²) in [7, 11) is 0. The molecule has 0 aliphatic heterocycles. The highest BCUT2D eigenvalue weighted by Gasteiger charge is 2.20. The van der Waals surface area contributed by atoms with Gasteiger partial charge in [-0.15, -0.1) is 0 Å². The zero-order valence-corrected chi connectivity index (χ0v) is 27.3. The maximum Gasteiger partial charge on any atom is 0.161 e. The molecule has 7 aromatic carbocycles. The summed E-state index contributed by atoms with van der Waals surface area (Å²) in [6.45, 7) is 0.329. The molecule has 0 unspecified atom stereocenters. The molecule has 50 heavy (non-hydrogen) atoms. The predicted molar refractivity (Wildman–Crippen MR) is 207 cm³/mol. The van der Waals surface area contributed by atoms with Gasteiger partial charge in [0.15, 0.2) is 11.7 Å². The molecule has 0 radical (unpaired) electrons. The van der Waals surface area contributed by atoms with Gasteiger partial charge in [0.2, 0.25) is 0 Å². The van der Waals surface area contributed by atoms with Crippen LogP contribution in [0.25, 0.3) is 55.4 Å². The highest BCUT2D eigenvalue weighted by atomic mass is 15.0. The maximum atomic E-state index is 6.58. The minimum absolute atomic E-state index is 0.329. The Morgan fingerprint density at radius 1 is 0.480 bits per heavy atom. The Balaban J connectivity index is 1.40. The van der Waals surface area contributed by atoms with Gasteiger partial charge in [0.05, 0.1) is 17.9 Å². The molecule has 8 rings (SSSR count). The zero-order valence-electron chi connectivity index (χ0n) is 27.3. The van der Waals surface area contributed by atoms with Crippen LogP contribution in [0.3, 0.4) is 0 Å². The van der Waals surface area contributed by atoms with E-state index in [4.69, 9.17) is 25.7 Å². The first-order chi connectivity index (χ1) is 24.7. The second-order valence-electron chi connectivity index (χ2n) is 12.0. The van der Waals surface area contributed by atoms with Gasteiger partial charge >= 0.3 is 0 Å². The Labute approximate surface area is 291 Å². The number of rotatable bonds is 7. The molecule has 5 heteroatoms. The fourth-order valence-electron chi connectivity index (χ4n) is 6.43. The van der Waals surface area contributed by atoms with Crippen LogP contribution in [0.15, 0.2) is 186 Å². The first kappa shape index (κ1) is 30.6.